The van der Waals surface area contributed by atoms with E-state index in [0.29, 0.717) is 6.42 Å². The van der Waals surface area contributed by atoms with Gasteiger partial charge in [0.25, 0.3) is 0 Å². The van der Waals surface area contributed by atoms with E-state index in [1.807, 2.05) is 6.92 Å². The lowest BCUT2D eigenvalue weighted by molar-refractivity contribution is 0.118. The third-order valence-corrected chi connectivity index (χ3v) is 2.66. The van der Waals surface area contributed by atoms with Gasteiger partial charge in [0, 0.05) is 20.1 Å². The van der Waals surface area contributed by atoms with Gasteiger partial charge in [-0.25, -0.2) is 4.39 Å². The van der Waals surface area contributed by atoms with Crippen LogP contribution in [-0.2, 0) is 9.47 Å². The van der Waals surface area contributed by atoms with Gasteiger partial charge in [-0.2, -0.15) is 0 Å². The lowest BCUT2D eigenvalue weighted by atomic mass is 10.1. The van der Waals surface area contributed by atoms with Crippen molar-refractivity contribution in [2.24, 2.45) is 5.92 Å². The second-order valence-electron chi connectivity index (χ2n) is 4.25. The predicted octanol–water partition coefficient (Wildman–Crippen LogP) is 3.72. The summed E-state index contributed by atoms with van der Waals surface area (Å²) in [6, 6.07) is 0. The fraction of sp³-hybridized carbons (Fsp3) is 0.846. The average Bonchev–Trinajstić information content (AvgIpc) is 2.30. The first-order chi connectivity index (χ1) is 7.60. The molecule has 1 heterocycles. The molecule has 0 aromatic heterocycles. The van der Waals surface area contributed by atoms with Crippen LogP contribution in [0.3, 0.4) is 0 Å². The first-order valence-corrected chi connectivity index (χ1v) is 6.02. The minimum atomic E-state index is -0.779. The monoisotopic (exact) mass is 232 g/mol. The van der Waals surface area contributed by atoms with E-state index in [2.05, 4.69) is 13.8 Å². The van der Waals surface area contributed by atoms with E-state index >= 15 is 0 Å². The number of methoxy groups -OCH3 is 1. The Morgan fingerprint density at radius 1 is 1.62 bits per heavy atom. The summed E-state index contributed by atoms with van der Waals surface area (Å²) in [4.78, 5) is 0. The molecule has 0 saturated heterocycles. The maximum absolute atomic E-state index is 12.2. The van der Waals surface area contributed by atoms with Crippen LogP contribution in [0.25, 0.3) is 0 Å². The second-order valence-corrected chi connectivity index (χ2v) is 4.25. The maximum atomic E-state index is 12.2. The van der Waals surface area contributed by atoms with Crippen molar-refractivity contribution in [3.05, 3.63) is 11.8 Å². The van der Waals surface area contributed by atoms with Crippen molar-refractivity contribution < 1.29 is 13.9 Å². The summed E-state index contributed by atoms with van der Waals surface area (Å²) >= 11 is 0. The van der Waals surface area contributed by atoms with Gasteiger partial charge in [0.2, 0.25) is 0 Å². The van der Waals surface area contributed by atoms with E-state index < -0.39 is 6.17 Å². The molecule has 96 valence electrons. The molecule has 0 saturated carbocycles. The first kappa shape index (κ1) is 15.4. The van der Waals surface area contributed by atoms with Gasteiger partial charge in [0.15, 0.2) is 0 Å². The molecule has 16 heavy (non-hydrogen) atoms. The molecule has 1 rings (SSSR count). The Bertz CT molecular complexity index is 192. The van der Waals surface area contributed by atoms with Crippen molar-refractivity contribution in [3.63, 3.8) is 0 Å². The van der Waals surface area contributed by atoms with Gasteiger partial charge in [-0.3, -0.25) is 0 Å². The minimum Gasteiger partial charge on any atom is -0.496 e. The van der Waals surface area contributed by atoms with E-state index in [0.717, 1.165) is 18.3 Å². The van der Waals surface area contributed by atoms with Crippen molar-refractivity contribution in [1.29, 1.82) is 0 Å². The number of hydrogen-bond acceptors (Lipinski definition) is 2. The Kier molecular flexibility index (Phi) is 9.30. The van der Waals surface area contributed by atoms with E-state index in [9.17, 15) is 4.39 Å². The van der Waals surface area contributed by atoms with Crippen LogP contribution < -0.4 is 0 Å². The molecule has 1 aliphatic heterocycles. The lowest BCUT2D eigenvalue weighted by Crippen LogP contribution is -2.12. The first-order valence-electron chi connectivity index (χ1n) is 6.02. The second kappa shape index (κ2) is 9.64. The Labute approximate surface area is 98.8 Å². The van der Waals surface area contributed by atoms with Crippen LogP contribution in [0, 0.1) is 5.92 Å². The summed E-state index contributed by atoms with van der Waals surface area (Å²) in [6.07, 6.45) is 3.98. The zero-order chi connectivity index (χ0) is 12.4. The Morgan fingerprint density at radius 3 is 2.69 bits per heavy atom. The highest BCUT2D eigenvalue weighted by Gasteiger charge is 2.09. The molecular formula is C13H25FO2. The Balaban J connectivity index is 0.000000281. The van der Waals surface area contributed by atoms with Crippen LogP contribution in [0.2, 0.25) is 0 Å². The lowest BCUT2D eigenvalue weighted by Gasteiger charge is -2.14. The van der Waals surface area contributed by atoms with Crippen molar-refractivity contribution in [2.45, 2.75) is 46.2 Å². The highest BCUT2D eigenvalue weighted by Crippen LogP contribution is 2.11. The largest absolute Gasteiger partial charge is 0.496 e. The molecule has 0 aromatic rings. The van der Waals surface area contributed by atoms with Gasteiger partial charge in [0.1, 0.15) is 12.8 Å². The number of alkyl halides is 1. The molecule has 0 aromatic carbocycles. The van der Waals surface area contributed by atoms with Crippen molar-refractivity contribution in [3.8, 4) is 0 Å². The van der Waals surface area contributed by atoms with Crippen molar-refractivity contribution >= 4 is 0 Å². The zero-order valence-electron chi connectivity index (χ0n) is 11.0. The average molecular weight is 232 g/mol. The highest BCUT2D eigenvalue weighted by molar-refractivity contribution is 4.94. The van der Waals surface area contributed by atoms with E-state index in [4.69, 9.17) is 9.47 Å². The molecule has 0 N–H and O–H groups in total. The fourth-order valence-electron chi connectivity index (χ4n) is 1.17. The standard InChI is InChI=1S/C7H16O.C6H9FO/c1-4-7(2)5-6-8-3;1-5-2-3-6(7)4-8-5/h7H,4-6H2,1-3H3;2,6H,3-4H2,1H3. The molecule has 2 unspecified atom stereocenters. The van der Waals surface area contributed by atoms with E-state index in [1.54, 1.807) is 13.2 Å². The van der Waals surface area contributed by atoms with Crippen LogP contribution >= 0.6 is 0 Å². The summed E-state index contributed by atoms with van der Waals surface area (Å²) < 4.78 is 22.0. The Hall–Kier alpha value is -0.570. The highest BCUT2D eigenvalue weighted by atomic mass is 19.1. The van der Waals surface area contributed by atoms with Crippen LogP contribution in [0.5, 0.6) is 0 Å². The predicted molar refractivity (Wildman–Crippen MR) is 65.2 cm³/mol. The van der Waals surface area contributed by atoms with Crippen LogP contribution in [0.4, 0.5) is 4.39 Å². The quantitative estimate of drug-likeness (QED) is 0.735. The summed E-state index contributed by atoms with van der Waals surface area (Å²) in [6.45, 7) is 7.45. The summed E-state index contributed by atoms with van der Waals surface area (Å²) in [7, 11) is 1.75. The Morgan fingerprint density at radius 2 is 2.31 bits per heavy atom. The van der Waals surface area contributed by atoms with Gasteiger partial charge in [0.05, 0.1) is 5.76 Å². The zero-order valence-corrected chi connectivity index (χ0v) is 11.0. The van der Waals surface area contributed by atoms with Crippen LogP contribution in [0.1, 0.15) is 40.0 Å². The van der Waals surface area contributed by atoms with Crippen molar-refractivity contribution in [2.75, 3.05) is 20.3 Å². The molecule has 0 radical (unpaired) electrons. The fourth-order valence-corrected chi connectivity index (χ4v) is 1.17. The normalized spacial score (nSPS) is 21.3. The summed E-state index contributed by atoms with van der Waals surface area (Å²) in [5.74, 6) is 1.67. The van der Waals surface area contributed by atoms with Crippen LogP contribution in [0.15, 0.2) is 11.8 Å². The number of halogens is 1. The van der Waals surface area contributed by atoms with Gasteiger partial charge in [-0.1, -0.05) is 20.3 Å². The molecule has 0 aliphatic carbocycles. The molecule has 0 fully saturated rings. The number of rotatable bonds is 4. The smallest absolute Gasteiger partial charge is 0.137 e. The number of ether oxygens (including phenoxy) is 2. The van der Waals surface area contributed by atoms with Gasteiger partial charge in [-0.05, 0) is 25.3 Å². The van der Waals surface area contributed by atoms with E-state index in [1.165, 1.54) is 12.8 Å². The molecule has 2 nitrogen and oxygen atoms in total. The third-order valence-electron chi connectivity index (χ3n) is 2.66. The van der Waals surface area contributed by atoms with Gasteiger partial charge in [-0.15, -0.1) is 0 Å². The molecule has 2 atom stereocenters. The minimum absolute atomic E-state index is 0.238. The molecular weight excluding hydrogens is 207 g/mol. The van der Waals surface area contributed by atoms with Gasteiger partial charge < -0.3 is 9.47 Å². The molecule has 3 heteroatoms. The van der Waals surface area contributed by atoms with Crippen molar-refractivity contribution in [1.82, 2.24) is 0 Å². The molecule has 0 amide bonds. The third kappa shape index (κ3) is 8.72. The summed E-state index contributed by atoms with van der Waals surface area (Å²) in [5, 5.41) is 0. The molecule has 1 aliphatic rings. The van der Waals surface area contributed by atoms with Crippen LogP contribution in [-0.4, -0.2) is 26.5 Å². The van der Waals surface area contributed by atoms with Gasteiger partial charge >= 0.3 is 0 Å². The molecule has 0 bridgehead atoms. The SMILES string of the molecule is CC1=CCC(F)CO1.CCC(C)CCOC. The van der Waals surface area contributed by atoms with E-state index in [-0.39, 0.29) is 6.61 Å². The number of hydrogen-bond donors (Lipinski definition) is 0. The molecule has 0 spiro atoms. The number of allylic oxidation sites excluding steroid dienone is 2. The maximum Gasteiger partial charge on any atom is 0.137 e. The topological polar surface area (TPSA) is 18.5 Å². The summed E-state index contributed by atoms with van der Waals surface area (Å²) in [5.41, 5.74) is 0.